The Morgan fingerprint density at radius 2 is 1.68 bits per heavy atom. The van der Waals surface area contributed by atoms with Gasteiger partial charge in [-0.2, -0.15) is 0 Å². The Balaban J connectivity index is 1.68. The van der Waals surface area contributed by atoms with Gasteiger partial charge >= 0.3 is 0 Å². The van der Waals surface area contributed by atoms with E-state index in [1.807, 2.05) is 55.5 Å². The van der Waals surface area contributed by atoms with Crippen molar-refractivity contribution in [2.75, 3.05) is 0 Å². The number of benzene rings is 3. The lowest BCUT2D eigenvalue weighted by Gasteiger charge is -2.03. The van der Waals surface area contributed by atoms with E-state index in [0.717, 1.165) is 22.6 Å². The summed E-state index contributed by atoms with van der Waals surface area (Å²) in [5.41, 5.74) is 2.88. The summed E-state index contributed by atoms with van der Waals surface area (Å²) < 4.78 is 5.99. The van der Waals surface area contributed by atoms with Gasteiger partial charge in [0.15, 0.2) is 0 Å². The van der Waals surface area contributed by atoms with Gasteiger partial charge < -0.3 is 4.42 Å². The van der Waals surface area contributed by atoms with E-state index in [-0.39, 0.29) is 0 Å². The molecule has 122 valence electrons. The van der Waals surface area contributed by atoms with Crippen molar-refractivity contribution < 1.29 is 4.42 Å². The molecule has 3 heteroatoms. The second-order valence-corrected chi connectivity index (χ2v) is 6.28. The Morgan fingerprint density at radius 3 is 2.60 bits per heavy atom. The third kappa shape index (κ3) is 3.09. The third-order valence-electron chi connectivity index (χ3n) is 4.25. The van der Waals surface area contributed by atoms with Crippen molar-refractivity contribution in [3.8, 4) is 11.3 Å². The SMILES string of the molecule is Cc1c(Cl)cccc1N=Cc1ccc(-c2cccc3ccccc23)o1. The molecule has 0 saturated carbocycles. The first-order chi connectivity index (χ1) is 12.2. The highest BCUT2D eigenvalue weighted by Crippen LogP contribution is 2.30. The second kappa shape index (κ2) is 6.58. The fourth-order valence-electron chi connectivity index (χ4n) is 2.88. The smallest absolute Gasteiger partial charge is 0.145 e. The summed E-state index contributed by atoms with van der Waals surface area (Å²) in [4.78, 5) is 4.50. The van der Waals surface area contributed by atoms with Crippen molar-refractivity contribution in [1.29, 1.82) is 0 Å². The highest BCUT2D eigenvalue weighted by Gasteiger charge is 2.07. The quantitative estimate of drug-likeness (QED) is 0.374. The predicted molar refractivity (Wildman–Crippen MR) is 105 cm³/mol. The minimum Gasteiger partial charge on any atom is -0.455 e. The molecule has 1 aromatic heterocycles. The van der Waals surface area contributed by atoms with Crippen LogP contribution in [0.25, 0.3) is 22.1 Å². The molecule has 0 amide bonds. The topological polar surface area (TPSA) is 25.5 Å². The lowest BCUT2D eigenvalue weighted by atomic mass is 10.0. The average molecular weight is 346 g/mol. The van der Waals surface area contributed by atoms with Crippen LogP contribution in [0.15, 0.2) is 82.2 Å². The van der Waals surface area contributed by atoms with E-state index in [0.29, 0.717) is 10.8 Å². The molecule has 25 heavy (non-hydrogen) atoms. The van der Waals surface area contributed by atoms with Crippen LogP contribution in [0.3, 0.4) is 0 Å². The Labute approximate surface area is 151 Å². The molecule has 0 aliphatic carbocycles. The molecular weight excluding hydrogens is 330 g/mol. The van der Waals surface area contributed by atoms with Crippen molar-refractivity contribution in [1.82, 2.24) is 0 Å². The van der Waals surface area contributed by atoms with E-state index in [9.17, 15) is 0 Å². The van der Waals surface area contributed by atoms with Crippen LogP contribution in [0, 0.1) is 6.92 Å². The van der Waals surface area contributed by atoms with Crippen LogP contribution < -0.4 is 0 Å². The number of nitrogens with zero attached hydrogens (tertiary/aromatic N) is 1. The van der Waals surface area contributed by atoms with E-state index in [2.05, 4.69) is 29.3 Å². The first-order valence-electron chi connectivity index (χ1n) is 8.09. The van der Waals surface area contributed by atoms with Gasteiger partial charge in [-0.25, -0.2) is 0 Å². The molecule has 0 bridgehead atoms. The minimum absolute atomic E-state index is 0.710. The van der Waals surface area contributed by atoms with Crippen molar-refractivity contribution in [3.63, 3.8) is 0 Å². The zero-order chi connectivity index (χ0) is 17.2. The van der Waals surface area contributed by atoms with Crippen molar-refractivity contribution in [2.45, 2.75) is 6.92 Å². The number of rotatable bonds is 3. The van der Waals surface area contributed by atoms with E-state index in [1.165, 1.54) is 10.8 Å². The van der Waals surface area contributed by atoms with Gasteiger partial charge in [-0.1, -0.05) is 60.1 Å². The van der Waals surface area contributed by atoms with Gasteiger partial charge in [0.25, 0.3) is 0 Å². The number of hydrogen-bond donors (Lipinski definition) is 0. The van der Waals surface area contributed by atoms with Gasteiger partial charge in [-0.3, -0.25) is 4.99 Å². The highest BCUT2D eigenvalue weighted by atomic mass is 35.5. The van der Waals surface area contributed by atoms with Crippen LogP contribution in [0.5, 0.6) is 0 Å². The van der Waals surface area contributed by atoms with Crippen LogP contribution in [0.2, 0.25) is 5.02 Å². The molecule has 0 saturated heterocycles. The maximum atomic E-state index is 6.14. The first-order valence-corrected chi connectivity index (χ1v) is 8.47. The van der Waals surface area contributed by atoms with Crippen LogP contribution >= 0.6 is 11.6 Å². The molecule has 0 atom stereocenters. The standard InChI is InChI=1S/C22H16ClNO/c1-15-20(23)10-5-11-21(15)24-14-17-12-13-22(25-17)19-9-4-7-16-6-2-3-8-18(16)19/h2-14H,1H3. The molecule has 0 spiro atoms. The Kier molecular flexibility index (Phi) is 4.12. The van der Waals surface area contributed by atoms with Crippen LogP contribution in [0.4, 0.5) is 5.69 Å². The van der Waals surface area contributed by atoms with Gasteiger partial charge in [0.2, 0.25) is 0 Å². The number of furan rings is 1. The zero-order valence-electron chi connectivity index (χ0n) is 13.7. The summed E-state index contributed by atoms with van der Waals surface area (Å²) in [7, 11) is 0. The summed E-state index contributed by atoms with van der Waals surface area (Å²) in [6.45, 7) is 1.96. The fraction of sp³-hybridized carbons (Fsp3) is 0.0455. The lowest BCUT2D eigenvalue weighted by Crippen LogP contribution is -1.80. The summed E-state index contributed by atoms with van der Waals surface area (Å²) in [5, 5.41) is 3.08. The number of hydrogen-bond acceptors (Lipinski definition) is 2. The molecule has 4 rings (SSSR count). The predicted octanol–water partition coefficient (Wildman–Crippen LogP) is 6.81. The van der Waals surface area contributed by atoms with E-state index >= 15 is 0 Å². The molecule has 4 aromatic rings. The molecule has 0 N–H and O–H groups in total. The second-order valence-electron chi connectivity index (χ2n) is 5.87. The van der Waals surface area contributed by atoms with Crippen molar-refractivity contribution in [3.05, 3.63) is 89.1 Å². The lowest BCUT2D eigenvalue weighted by molar-refractivity contribution is 0.576. The average Bonchev–Trinajstić information content (AvgIpc) is 3.11. The molecule has 0 radical (unpaired) electrons. The molecule has 0 aliphatic heterocycles. The minimum atomic E-state index is 0.710. The number of halogens is 1. The van der Waals surface area contributed by atoms with Gasteiger partial charge in [-0.05, 0) is 47.5 Å². The Hall–Kier alpha value is -2.84. The molecule has 2 nitrogen and oxygen atoms in total. The van der Waals surface area contributed by atoms with Crippen LogP contribution in [0.1, 0.15) is 11.3 Å². The maximum absolute atomic E-state index is 6.14. The summed E-state index contributed by atoms with van der Waals surface area (Å²) in [6.07, 6.45) is 1.73. The summed E-state index contributed by atoms with van der Waals surface area (Å²) in [5.74, 6) is 1.54. The van der Waals surface area contributed by atoms with E-state index in [4.69, 9.17) is 16.0 Å². The fourth-order valence-corrected chi connectivity index (χ4v) is 3.05. The van der Waals surface area contributed by atoms with Gasteiger partial charge in [-0.15, -0.1) is 0 Å². The van der Waals surface area contributed by atoms with Gasteiger partial charge in [0, 0.05) is 10.6 Å². The van der Waals surface area contributed by atoms with E-state index in [1.54, 1.807) is 6.21 Å². The van der Waals surface area contributed by atoms with Gasteiger partial charge in [0.05, 0.1) is 11.9 Å². The van der Waals surface area contributed by atoms with Crippen molar-refractivity contribution >= 4 is 34.3 Å². The number of aliphatic imine (C=N–C) groups is 1. The molecule has 3 aromatic carbocycles. The van der Waals surface area contributed by atoms with Crippen LogP contribution in [-0.4, -0.2) is 6.21 Å². The monoisotopic (exact) mass is 345 g/mol. The number of fused-ring (bicyclic) bond motifs is 1. The molecule has 1 heterocycles. The van der Waals surface area contributed by atoms with Crippen molar-refractivity contribution in [2.24, 2.45) is 4.99 Å². The summed E-state index contributed by atoms with van der Waals surface area (Å²) in [6, 6.07) is 24.1. The first kappa shape index (κ1) is 15.7. The van der Waals surface area contributed by atoms with E-state index < -0.39 is 0 Å². The molecular formula is C22H16ClNO. The Morgan fingerprint density at radius 1 is 0.880 bits per heavy atom. The third-order valence-corrected chi connectivity index (χ3v) is 4.66. The maximum Gasteiger partial charge on any atom is 0.145 e. The van der Waals surface area contributed by atoms with Gasteiger partial charge in [0.1, 0.15) is 11.5 Å². The van der Waals surface area contributed by atoms with Crippen LogP contribution in [-0.2, 0) is 0 Å². The highest BCUT2D eigenvalue weighted by molar-refractivity contribution is 6.31. The molecule has 0 unspecified atom stereocenters. The summed E-state index contributed by atoms with van der Waals surface area (Å²) >= 11 is 6.14. The Bertz CT molecular complexity index is 1070. The normalized spacial score (nSPS) is 11.4. The molecule has 0 fully saturated rings. The largest absolute Gasteiger partial charge is 0.455 e. The molecule has 0 aliphatic rings. The zero-order valence-corrected chi connectivity index (χ0v) is 14.5.